The molecule has 0 unspecified atom stereocenters. The Morgan fingerprint density at radius 2 is 1.60 bits per heavy atom. The van der Waals surface area contributed by atoms with Crippen molar-refractivity contribution >= 4 is 15.9 Å². The third-order valence-electron chi connectivity index (χ3n) is 3.87. The van der Waals surface area contributed by atoms with Crippen molar-refractivity contribution in [2.24, 2.45) is 0 Å². The van der Waals surface area contributed by atoms with E-state index < -0.39 is 10.0 Å². The molecule has 2 rings (SSSR count). The van der Waals surface area contributed by atoms with Crippen LogP contribution in [0, 0.1) is 20.8 Å². The van der Waals surface area contributed by atoms with Crippen molar-refractivity contribution in [2.75, 3.05) is 6.54 Å². The van der Waals surface area contributed by atoms with Gasteiger partial charge in [-0.2, -0.15) is 0 Å². The lowest BCUT2D eigenvalue weighted by Crippen LogP contribution is -2.30. The van der Waals surface area contributed by atoms with Crippen LogP contribution in [-0.2, 0) is 21.4 Å². The number of hydrogen-bond donors (Lipinski definition) is 2. The Bertz CT molecular complexity index is 843. The number of benzene rings is 2. The van der Waals surface area contributed by atoms with Crippen LogP contribution in [0.25, 0.3) is 0 Å². The molecule has 134 valence electrons. The van der Waals surface area contributed by atoms with Crippen molar-refractivity contribution < 1.29 is 13.2 Å². The van der Waals surface area contributed by atoms with E-state index in [1.54, 1.807) is 19.1 Å². The van der Waals surface area contributed by atoms with E-state index in [0.29, 0.717) is 12.1 Å². The summed E-state index contributed by atoms with van der Waals surface area (Å²) in [4.78, 5) is 12.1. The zero-order chi connectivity index (χ0) is 18.4. The van der Waals surface area contributed by atoms with Gasteiger partial charge in [-0.1, -0.05) is 47.5 Å². The second-order valence-corrected chi connectivity index (χ2v) is 7.91. The van der Waals surface area contributed by atoms with Crippen molar-refractivity contribution in [3.63, 3.8) is 0 Å². The summed E-state index contributed by atoms with van der Waals surface area (Å²) in [7, 11) is -3.61. The van der Waals surface area contributed by atoms with Crippen molar-refractivity contribution in [2.45, 2.75) is 38.6 Å². The van der Waals surface area contributed by atoms with Gasteiger partial charge in [0.15, 0.2) is 0 Å². The van der Waals surface area contributed by atoms with E-state index in [9.17, 15) is 13.2 Å². The van der Waals surface area contributed by atoms with Gasteiger partial charge in [0.05, 0.1) is 4.90 Å². The summed E-state index contributed by atoms with van der Waals surface area (Å²) in [5.41, 5.74) is 3.87. The van der Waals surface area contributed by atoms with Gasteiger partial charge in [0.2, 0.25) is 15.9 Å². The lowest BCUT2D eigenvalue weighted by atomic mass is 10.1. The van der Waals surface area contributed by atoms with E-state index in [2.05, 4.69) is 10.0 Å². The lowest BCUT2D eigenvalue weighted by molar-refractivity contribution is -0.121. The zero-order valence-corrected chi connectivity index (χ0v) is 15.6. The molecule has 0 heterocycles. The van der Waals surface area contributed by atoms with Crippen molar-refractivity contribution in [3.8, 4) is 0 Å². The van der Waals surface area contributed by atoms with Crippen LogP contribution in [0.1, 0.15) is 28.7 Å². The van der Waals surface area contributed by atoms with Crippen molar-refractivity contribution in [1.29, 1.82) is 0 Å². The minimum atomic E-state index is -3.61. The van der Waals surface area contributed by atoms with Crippen LogP contribution in [-0.4, -0.2) is 20.9 Å². The van der Waals surface area contributed by atoms with E-state index >= 15 is 0 Å². The first-order chi connectivity index (χ1) is 11.8. The van der Waals surface area contributed by atoms with Gasteiger partial charge >= 0.3 is 0 Å². The predicted octanol–water partition coefficient (Wildman–Crippen LogP) is 2.60. The quantitative estimate of drug-likeness (QED) is 0.797. The van der Waals surface area contributed by atoms with E-state index in [4.69, 9.17) is 0 Å². The molecule has 0 fully saturated rings. The summed E-state index contributed by atoms with van der Waals surface area (Å²) >= 11 is 0. The second-order valence-electron chi connectivity index (χ2n) is 6.18. The van der Waals surface area contributed by atoms with Gasteiger partial charge in [0.1, 0.15) is 0 Å². The summed E-state index contributed by atoms with van der Waals surface area (Å²) in [6.45, 7) is 6.17. The van der Waals surface area contributed by atoms with Crippen LogP contribution in [0.5, 0.6) is 0 Å². The van der Waals surface area contributed by atoms with Crippen LogP contribution in [0.2, 0.25) is 0 Å². The molecule has 0 saturated heterocycles. The number of rotatable bonds is 7. The first-order valence-corrected chi connectivity index (χ1v) is 9.65. The van der Waals surface area contributed by atoms with Crippen LogP contribution < -0.4 is 10.0 Å². The molecule has 2 N–H and O–H groups in total. The standard InChI is InChI=1S/C19H24N2O3S/c1-14-4-7-17(8-5-14)13-20-19(22)10-11-21-25(23,24)18-9-6-15(2)12-16(18)3/h4-9,12,21H,10-11,13H2,1-3H3,(H,20,22). The summed E-state index contributed by atoms with van der Waals surface area (Å²) in [6.07, 6.45) is 0.0933. The van der Waals surface area contributed by atoms with Crippen LogP contribution in [0.4, 0.5) is 0 Å². The average molecular weight is 360 g/mol. The third kappa shape index (κ3) is 5.69. The fourth-order valence-corrected chi connectivity index (χ4v) is 3.73. The van der Waals surface area contributed by atoms with Crippen molar-refractivity contribution in [1.82, 2.24) is 10.0 Å². The number of nitrogens with one attached hydrogen (secondary N) is 2. The largest absolute Gasteiger partial charge is 0.352 e. The van der Waals surface area contributed by atoms with Gasteiger partial charge in [0.25, 0.3) is 0 Å². The Morgan fingerprint density at radius 1 is 0.960 bits per heavy atom. The molecule has 25 heavy (non-hydrogen) atoms. The number of hydrogen-bond acceptors (Lipinski definition) is 3. The van der Waals surface area contributed by atoms with E-state index in [0.717, 1.165) is 16.7 Å². The number of sulfonamides is 1. The molecule has 5 nitrogen and oxygen atoms in total. The minimum absolute atomic E-state index is 0.0649. The van der Waals surface area contributed by atoms with E-state index in [-0.39, 0.29) is 23.8 Å². The van der Waals surface area contributed by atoms with Crippen LogP contribution in [0.15, 0.2) is 47.4 Å². The molecule has 0 bridgehead atoms. The second kappa shape index (κ2) is 8.27. The van der Waals surface area contributed by atoms with Crippen LogP contribution in [0.3, 0.4) is 0 Å². The highest BCUT2D eigenvalue weighted by Gasteiger charge is 2.16. The first-order valence-electron chi connectivity index (χ1n) is 8.17. The predicted molar refractivity (Wildman–Crippen MR) is 98.7 cm³/mol. The van der Waals surface area contributed by atoms with Crippen molar-refractivity contribution in [3.05, 3.63) is 64.7 Å². The first kappa shape index (κ1) is 19.1. The molecule has 0 aliphatic carbocycles. The zero-order valence-electron chi connectivity index (χ0n) is 14.8. The van der Waals surface area contributed by atoms with E-state index in [1.807, 2.05) is 44.2 Å². The highest BCUT2D eigenvalue weighted by atomic mass is 32.2. The van der Waals surface area contributed by atoms with Gasteiger partial charge in [0, 0.05) is 19.5 Å². The summed E-state index contributed by atoms with van der Waals surface area (Å²) in [5.74, 6) is -0.191. The van der Waals surface area contributed by atoms with Gasteiger partial charge in [-0.3, -0.25) is 4.79 Å². The number of carbonyl (C=O) groups excluding carboxylic acids is 1. The highest BCUT2D eigenvalue weighted by Crippen LogP contribution is 2.16. The normalized spacial score (nSPS) is 11.3. The van der Waals surface area contributed by atoms with Crippen LogP contribution >= 0.6 is 0 Å². The minimum Gasteiger partial charge on any atom is -0.352 e. The highest BCUT2D eigenvalue weighted by molar-refractivity contribution is 7.89. The Kier molecular flexibility index (Phi) is 6.33. The molecule has 0 spiro atoms. The molecule has 0 aromatic heterocycles. The van der Waals surface area contributed by atoms with Gasteiger partial charge in [-0.25, -0.2) is 13.1 Å². The summed E-state index contributed by atoms with van der Waals surface area (Å²) in [6, 6.07) is 13.1. The molecule has 2 aromatic rings. The third-order valence-corrected chi connectivity index (χ3v) is 5.50. The Morgan fingerprint density at radius 3 is 2.24 bits per heavy atom. The van der Waals surface area contributed by atoms with E-state index in [1.165, 1.54) is 0 Å². The molecule has 0 aliphatic rings. The van der Waals surface area contributed by atoms with Gasteiger partial charge < -0.3 is 5.32 Å². The Hall–Kier alpha value is -2.18. The lowest BCUT2D eigenvalue weighted by Gasteiger charge is -2.10. The maximum atomic E-state index is 12.3. The van der Waals surface area contributed by atoms with Gasteiger partial charge in [-0.05, 0) is 38.0 Å². The molecule has 6 heteroatoms. The molecule has 0 atom stereocenters. The number of carbonyl (C=O) groups is 1. The summed E-state index contributed by atoms with van der Waals surface area (Å²) in [5, 5.41) is 2.79. The number of amides is 1. The monoisotopic (exact) mass is 360 g/mol. The molecule has 2 aromatic carbocycles. The fraction of sp³-hybridized carbons (Fsp3) is 0.316. The fourth-order valence-electron chi connectivity index (χ4n) is 2.47. The Labute approximate surface area is 149 Å². The smallest absolute Gasteiger partial charge is 0.240 e. The average Bonchev–Trinajstić information content (AvgIpc) is 2.53. The Balaban J connectivity index is 1.82. The van der Waals surface area contributed by atoms with Gasteiger partial charge in [-0.15, -0.1) is 0 Å². The SMILES string of the molecule is Cc1ccc(CNC(=O)CCNS(=O)(=O)c2ccc(C)cc2C)cc1. The topological polar surface area (TPSA) is 75.3 Å². The molecule has 0 radical (unpaired) electrons. The molecular formula is C19H24N2O3S. The number of aryl methyl sites for hydroxylation is 3. The molecule has 0 saturated carbocycles. The molecular weight excluding hydrogens is 336 g/mol. The molecule has 1 amide bonds. The maximum absolute atomic E-state index is 12.3. The maximum Gasteiger partial charge on any atom is 0.240 e. The molecule has 0 aliphatic heterocycles. The summed E-state index contributed by atoms with van der Waals surface area (Å²) < 4.78 is 27.1.